The lowest BCUT2D eigenvalue weighted by Gasteiger charge is -2.61. The Labute approximate surface area is 180 Å². The second kappa shape index (κ2) is 8.45. The van der Waals surface area contributed by atoms with Gasteiger partial charge >= 0.3 is 0 Å². The van der Waals surface area contributed by atoms with Gasteiger partial charge in [-0.05, 0) is 116 Å². The minimum Gasteiger partial charge on any atom is -0.396 e. The Morgan fingerprint density at radius 1 is 0.862 bits per heavy atom. The second-order valence-corrected chi connectivity index (χ2v) is 12.6. The molecule has 9 unspecified atom stereocenters. The van der Waals surface area contributed by atoms with Crippen molar-refractivity contribution in [1.29, 1.82) is 0 Å². The van der Waals surface area contributed by atoms with Gasteiger partial charge in [0.1, 0.15) is 0 Å². The van der Waals surface area contributed by atoms with E-state index in [1.807, 2.05) is 0 Å². The van der Waals surface area contributed by atoms with Crippen molar-refractivity contribution >= 4 is 0 Å². The lowest BCUT2D eigenvalue weighted by molar-refractivity contribution is -0.130. The number of aliphatic hydroxyl groups excluding tert-OH is 2. The van der Waals surface area contributed by atoms with Crippen LogP contribution in [-0.4, -0.2) is 22.9 Å². The van der Waals surface area contributed by atoms with Crippen LogP contribution in [0.3, 0.4) is 0 Å². The molecule has 2 nitrogen and oxygen atoms in total. The van der Waals surface area contributed by atoms with Gasteiger partial charge in [0.05, 0.1) is 6.10 Å². The van der Waals surface area contributed by atoms with E-state index in [0.717, 1.165) is 48.3 Å². The first-order valence-electron chi connectivity index (χ1n) is 13.1. The van der Waals surface area contributed by atoms with E-state index in [4.69, 9.17) is 0 Å². The lowest BCUT2D eigenvalue weighted by Crippen LogP contribution is -2.54. The summed E-state index contributed by atoms with van der Waals surface area (Å²) in [6.07, 6.45) is 15.4. The van der Waals surface area contributed by atoms with Crippen molar-refractivity contribution < 1.29 is 10.2 Å². The summed E-state index contributed by atoms with van der Waals surface area (Å²) < 4.78 is 0. The summed E-state index contributed by atoms with van der Waals surface area (Å²) in [5.41, 5.74) is 0.943. The first kappa shape index (κ1) is 22.1. The van der Waals surface area contributed by atoms with Crippen molar-refractivity contribution in [3.63, 3.8) is 0 Å². The fourth-order valence-corrected chi connectivity index (χ4v) is 9.26. The number of aliphatic hydroxyl groups is 2. The average Bonchev–Trinajstić information content (AvgIpc) is 3.03. The van der Waals surface area contributed by atoms with Crippen molar-refractivity contribution in [1.82, 2.24) is 0 Å². The van der Waals surface area contributed by atoms with Gasteiger partial charge in [-0.15, -0.1) is 0 Å². The van der Waals surface area contributed by atoms with Gasteiger partial charge in [-0.3, -0.25) is 0 Å². The van der Waals surface area contributed by atoms with Crippen LogP contribution in [0.4, 0.5) is 0 Å². The molecule has 0 aromatic rings. The van der Waals surface area contributed by atoms with Gasteiger partial charge in [-0.1, -0.05) is 40.5 Å². The molecule has 9 atom stereocenters. The number of hydrogen-bond donors (Lipinski definition) is 2. The highest BCUT2D eigenvalue weighted by Crippen LogP contribution is 2.68. The fraction of sp³-hybridized carbons (Fsp3) is 1.00. The quantitative estimate of drug-likeness (QED) is 0.534. The second-order valence-electron chi connectivity index (χ2n) is 12.6. The summed E-state index contributed by atoms with van der Waals surface area (Å²) in [5, 5.41) is 20.5. The largest absolute Gasteiger partial charge is 0.396 e. The molecule has 29 heavy (non-hydrogen) atoms. The summed E-state index contributed by atoms with van der Waals surface area (Å²) in [6, 6.07) is 0. The van der Waals surface area contributed by atoms with E-state index < -0.39 is 0 Å². The van der Waals surface area contributed by atoms with Gasteiger partial charge in [0.2, 0.25) is 0 Å². The van der Waals surface area contributed by atoms with Crippen LogP contribution in [0.25, 0.3) is 0 Å². The third-order valence-electron chi connectivity index (χ3n) is 10.9. The highest BCUT2D eigenvalue weighted by Gasteiger charge is 2.60. The Kier molecular flexibility index (Phi) is 6.45. The summed E-state index contributed by atoms with van der Waals surface area (Å²) in [4.78, 5) is 0. The molecule has 4 rings (SSSR count). The fourth-order valence-electron chi connectivity index (χ4n) is 9.26. The number of rotatable bonds is 6. The zero-order valence-corrected chi connectivity index (χ0v) is 19.7. The zero-order chi connectivity index (χ0) is 20.8. The number of fused-ring (bicyclic) bond motifs is 5. The van der Waals surface area contributed by atoms with Gasteiger partial charge < -0.3 is 10.2 Å². The molecule has 0 bridgehead atoms. The first-order chi connectivity index (χ1) is 13.8. The maximum atomic E-state index is 10.3. The molecular weight excluding hydrogens is 356 g/mol. The monoisotopic (exact) mass is 404 g/mol. The van der Waals surface area contributed by atoms with E-state index >= 15 is 0 Å². The van der Waals surface area contributed by atoms with Crippen LogP contribution in [0.15, 0.2) is 0 Å². The molecule has 0 radical (unpaired) electrons. The zero-order valence-electron chi connectivity index (χ0n) is 19.7. The van der Waals surface area contributed by atoms with Gasteiger partial charge in [0.15, 0.2) is 0 Å². The predicted octanol–water partition coefficient (Wildman–Crippen LogP) is 6.44. The molecule has 4 aliphatic rings. The molecule has 2 N–H and O–H groups in total. The third kappa shape index (κ3) is 3.84. The maximum absolute atomic E-state index is 10.3. The minimum absolute atomic E-state index is 0.0366. The predicted molar refractivity (Wildman–Crippen MR) is 120 cm³/mol. The molecule has 4 aliphatic carbocycles. The van der Waals surface area contributed by atoms with E-state index in [2.05, 4.69) is 27.7 Å². The Morgan fingerprint density at radius 3 is 2.31 bits per heavy atom. The lowest BCUT2D eigenvalue weighted by atomic mass is 9.44. The summed E-state index contributed by atoms with van der Waals surface area (Å²) in [7, 11) is 0. The van der Waals surface area contributed by atoms with Gasteiger partial charge in [0.25, 0.3) is 0 Å². The van der Waals surface area contributed by atoms with E-state index in [9.17, 15) is 10.2 Å². The Hall–Kier alpha value is -0.0800. The molecule has 168 valence electrons. The van der Waals surface area contributed by atoms with Gasteiger partial charge in [-0.2, -0.15) is 0 Å². The molecule has 0 aromatic heterocycles. The molecule has 2 heteroatoms. The van der Waals surface area contributed by atoms with Gasteiger partial charge in [0, 0.05) is 6.61 Å². The molecule has 4 fully saturated rings. The van der Waals surface area contributed by atoms with Crippen LogP contribution in [0.1, 0.15) is 105 Å². The SMILES string of the molecule is CC(C)CCCC(CO)C1CCC2C3CCC4CC(O)CCC4(C)C3CCC12C. The Morgan fingerprint density at radius 2 is 1.59 bits per heavy atom. The van der Waals surface area contributed by atoms with E-state index in [1.165, 1.54) is 64.2 Å². The van der Waals surface area contributed by atoms with Crippen molar-refractivity contribution in [3.05, 3.63) is 0 Å². The average molecular weight is 405 g/mol. The highest BCUT2D eigenvalue weighted by atomic mass is 16.3. The van der Waals surface area contributed by atoms with Crippen LogP contribution < -0.4 is 0 Å². The third-order valence-corrected chi connectivity index (χ3v) is 10.9. The van der Waals surface area contributed by atoms with Crippen molar-refractivity contribution in [3.8, 4) is 0 Å². The van der Waals surface area contributed by atoms with Gasteiger partial charge in [-0.25, -0.2) is 0 Å². The molecule has 0 saturated heterocycles. The van der Waals surface area contributed by atoms with E-state index in [1.54, 1.807) is 0 Å². The smallest absolute Gasteiger partial charge is 0.0543 e. The molecule has 0 heterocycles. The summed E-state index contributed by atoms with van der Waals surface area (Å²) in [6.45, 7) is 10.3. The highest BCUT2D eigenvalue weighted by molar-refractivity contribution is 5.09. The topological polar surface area (TPSA) is 40.5 Å². The molecule has 0 aromatic carbocycles. The minimum atomic E-state index is -0.0366. The van der Waals surface area contributed by atoms with Crippen molar-refractivity contribution in [2.45, 2.75) is 111 Å². The van der Waals surface area contributed by atoms with Crippen LogP contribution in [0, 0.1) is 52.3 Å². The Balaban J connectivity index is 1.48. The van der Waals surface area contributed by atoms with Crippen LogP contribution >= 0.6 is 0 Å². The number of hydrogen-bond acceptors (Lipinski definition) is 2. The first-order valence-corrected chi connectivity index (χ1v) is 13.1. The maximum Gasteiger partial charge on any atom is 0.0543 e. The van der Waals surface area contributed by atoms with Crippen LogP contribution in [-0.2, 0) is 0 Å². The normalized spacial score (nSPS) is 48.1. The summed E-state index contributed by atoms with van der Waals surface area (Å²) >= 11 is 0. The molecule has 0 amide bonds. The molecule has 0 aliphatic heterocycles. The molecule has 0 spiro atoms. The van der Waals surface area contributed by atoms with Crippen molar-refractivity contribution in [2.24, 2.45) is 52.3 Å². The molecular formula is C27H48O2. The van der Waals surface area contributed by atoms with E-state index in [0.29, 0.717) is 23.4 Å². The Bertz CT molecular complexity index is 559. The van der Waals surface area contributed by atoms with Crippen LogP contribution in [0.5, 0.6) is 0 Å². The standard InChI is InChI=1S/C27H48O2/c1-18(2)6-5-7-19(17-28)23-10-11-24-22-9-8-20-16-21(29)12-14-26(20,3)25(22)13-15-27(23,24)4/h18-25,28-29H,5-17H2,1-4H3. The van der Waals surface area contributed by atoms with E-state index in [-0.39, 0.29) is 6.10 Å². The summed E-state index contributed by atoms with van der Waals surface area (Å²) in [5.74, 6) is 5.48. The molecule has 4 saturated carbocycles. The van der Waals surface area contributed by atoms with Crippen LogP contribution in [0.2, 0.25) is 0 Å². The van der Waals surface area contributed by atoms with Crippen molar-refractivity contribution in [2.75, 3.05) is 6.61 Å².